The first-order valence-corrected chi connectivity index (χ1v) is 10.8. The number of amides is 2. The highest BCUT2D eigenvalue weighted by Gasteiger charge is 2.47. The van der Waals surface area contributed by atoms with Crippen LogP contribution < -0.4 is 10.3 Å². The summed E-state index contributed by atoms with van der Waals surface area (Å²) in [6, 6.07) is 27.4. The van der Waals surface area contributed by atoms with Gasteiger partial charge in [-0.1, -0.05) is 66.7 Å². The fourth-order valence-corrected chi connectivity index (χ4v) is 4.34. The van der Waals surface area contributed by atoms with Crippen LogP contribution in [0.25, 0.3) is 0 Å². The van der Waals surface area contributed by atoms with Crippen LogP contribution in [0.3, 0.4) is 0 Å². The number of ketones is 1. The number of hydrogen-bond donors (Lipinski definition) is 1. The van der Waals surface area contributed by atoms with E-state index >= 15 is 0 Å². The maximum Gasteiger partial charge on any atom is 0.256 e. The standard InChI is InChI=1S/C27H25N3O3/c1-18-23(27(33)30(29-18)22-16-10-5-11-17-22)25(20-12-6-3-7-13-20)24(19(2)31)26(32)28-21-14-8-4-9-15-21/h3-17,23-25H,1-2H3,(H,28,32). The summed E-state index contributed by atoms with van der Waals surface area (Å²) in [5.74, 6) is -3.52. The summed E-state index contributed by atoms with van der Waals surface area (Å²) in [6.07, 6.45) is 0. The van der Waals surface area contributed by atoms with Gasteiger partial charge >= 0.3 is 0 Å². The van der Waals surface area contributed by atoms with Gasteiger partial charge in [-0.3, -0.25) is 14.4 Å². The zero-order valence-electron chi connectivity index (χ0n) is 18.5. The summed E-state index contributed by atoms with van der Waals surface area (Å²) in [6.45, 7) is 3.17. The lowest BCUT2D eigenvalue weighted by atomic mass is 9.73. The molecule has 1 heterocycles. The molecule has 2 amide bonds. The molecule has 0 aromatic heterocycles. The molecule has 0 saturated heterocycles. The summed E-state index contributed by atoms with van der Waals surface area (Å²) >= 11 is 0. The summed E-state index contributed by atoms with van der Waals surface area (Å²) in [5.41, 5.74) is 2.54. The van der Waals surface area contributed by atoms with Gasteiger partial charge in [0.05, 0.1) is 11.6 Å². The molecule has 6 heteroatoms. The number of anilines is 2. The Labute approximate surface area is 192 Å². The van der Waals surface area contributed by atoms with Crippen LogP contribution >= 0.6 is 0 Å². The summed E-state index contributed by atoms with van der Waals surface area (Å²) < 4.78 is 0. The molecule has 0 radical (unpaired) electrons. The molecule has 3 aromatic carbocycles. The molecular weight excluding hydrogens is 414 g/mol. The fraction of sp³-hybridized carbons (Fsp3) is 0.185. The van der Waals surface area contributed by atoms with Gasteiger partial charge in [-0.15, -0.1) is 0 Å². The molecule has 3 atom stereocenters. The van der Waals surface area contributed by atoms with Crippen molar-refractivity contribution >= 4 is 34.7 Å². The van der Waals surface area contributed by atoms with E-state index in [2.05, 4.69) is 10.4 Å². The first kappa shape index (κ1) is 22.1. The lowest BCUT2D eigenvalue weighted by Gasteiger charge is -2.29. The van der Waals surface area contributed by atoms with E-state index in [1.165, 1.54) is 11.9 Å². The second-order valence-electron chi connectivity index (χ2n) is 8.08. The van der Waals surface area contributed by atoms with Gasteiger partial charge in [-0.25, -0.2) is 5.01 Å². The SMILES string of the molecule is CC(=O)C(C(=O)Nc1ccccc1)C(c1ccccc1)C1C(=O)N(c2ccccc2)N=C1C. The summed E-state index contributed by atoms with van der Waals surface area (Å²) in [7, 11) is 0. The second-order valence-corrected chi connectivity index (χ2v) is 8.08. The van der Waals surface area contributed by atoms with Crippen LogP contribution in [0.2, 0.25) is 0 Å². The van der Waals surface area contributed by atoms with E-state index in [1.807, 2.05) is 66.7 Å². The van der Waals surface area contributed by atoms with E-state index in [0.717, 1.165) is 5.56 Å². The number of carbonyl (C=O) groups is 3. The molecular formula is C27H25N3O3. The maximum absolute atomic E-state index is 13.6. The number of nitrogens with one attached hydrogen (secondary N) is 1. The lowest BCUT2D eigenvalue weighted by Crippen LogP contribution is -2.41. The molecule has 1 aliphatic heterocycles. The van der Waals surface area contributed by atoms with Gasteiger partial charge in [0.2, 0.25) is 5.91 Å². The average Bonchev–Trinajstić information content (AvgIpc) is 3.12. The Morgan fingerprint density at radius 2 is 1.42 bits per heavy atom. The number of rotatable bonds is 7. The fourth-order valence-electron chi connectivity index (χ4n) is 4.34. The van der Waals surface area contributed by atoms with E-state index in [0.29, 0.717) is 17.1 Å². The monoisotopic (exact) mass is 439 g/mol. The number of para-hydroxylation sites is 2. The van der Waals surface area contributed by atoms with Gasteiger partial charge in [0, 0.05) is 17.3 Å². The number of Topliss-reactive ketones (excluding diaryl/α,β-unsaturated/α-hetero) is 1. The van der Waals surface area contributed by atoms with Crippen LogP contribution in [0.15, 0.2) is 96.1 Å². The quantitative estimate of drug-likeness (QED) is 0.544. The Kier molecular flexibility index (Phi) is 6.45. The van der Waals surface area contributed by atoms with Crippen molar-refractivity contribution in [1.29, 1.82) is 0 Å². The van der Waals surface area contributed by atoms with Crippen molar-refractivity contribution < 1.29 is 14.4 Å². The summed E-state index contributed by atoms with van der Waals surface area (Å²) in [5, 5.41) is 8.72. The largest absolute Gasteiger partial charge is 0.325 e. The van der Waals surface area contributed by atoms with Crippen LogP contribution in [0.1, 0.15) is 25.3 Å². The minimum Gasteiger partial charge on any atom is -0.325 e. The van der Waals surface area contributed by atoms with Gasteiger partial charge < -0.3 is 5.32 Å². The zero-order valence-corrected chi connectivity index (χ0v) is 18.5. The van der Waals surface area contributed by atoms with Crippen molar-refractivity contribution in [2.24, 2.45) is 16.9 Å². The Morgan fingerprint density at radius 3 is 2.00 bits per heavy atom. The van der Waals surface area contributed by atoms with Gasteiger partial charge in [-0.05, 0) is 43.7 Å². The average molecular weight is 440 g/mol. The number of hydrogen-bond acceptors (Lipinski definition) is 4. The van der Waals surface area contributed by atoms with Crippen molar-refractivity contribution in [1.82, 2.24) is 0 Å². The van der Waals surface area contributed by atoms with Crippen molar-refractivity contribution in [2.45, 2.75) is 19.8 Å². The first-order valence-electron chi connectivity index (χ1n) is 10.8. The van der Waals surface area contributed by atoms with Crippen molar-refractivity contribution in [2.75, 3.05) is 10.3 Å². The molecule has 1 N–H and O–H groups in total. The van der Waals surface area contributed by atoms with Gasteiger partial charge in [0.15, 0.2) is 0 Å². The minimum absolute atomic E-state index is 0.258. The Hall–Kier alpha value is -4.06. The van der Waals surface area contributed by atoms with Crippen molar-refractivity contribution in [3.63, 3.8) is 0 Å². The van der Waals surface area contributed by atoms with E-state index in [4.69, 9.17) is 0 Å². The Bertz CT molecular complexity index is 1180. The van der Waals surface area contributed by atoms with Gasteiger partial charge in [0.25, 0.3) is 5.91 Å². The molecule has 0 aliphatic carbocycles. The zero-order chi connectivity index (χ0) is 23.4. The van der Waals surface area contributed by atoms with Gasteiger partial charge in [-0.2, -0.15) is 5.10 Å². The molecule has 0 fully saturated rings. The van der Waals surface area contributed by atoms with Crippen LogP contribution in [0.5, 0.6) is 0 Å². The van der Waals surface area contributed by atoms with E-state index in [-0.39, 0.29) is 11.7 Å². The summed E-state index contributed by atoms with van der Waals surface area (Å²) in [4.78, 5) is 39.9. The van der Waals surface area contributed by atoms with Crippen LogP contribution in [0, 0.1) is 11.8 Å². The molecule has 3 aromatic rings. The normalized spacial score (nSPS) is 17.3. The number of hydrazone groups is 1. The molecule has 0 saturated carbocycles. The van der Waals surface area contributed by atoms with Crippen LogP contribution in [-0.4, -0.2) is 23.3 Å². The smallest absolute Gasteiger partial charge is 0.256 e. The second kappa shape index (κ2) is 9.61. The Balaban J connectivity index is 1.75. The van der Waals surface area contributed by atoms with E-state index in [1.54, 1.807) is 31.2 Å². The molecule has 166 valence electrons. The molecule has 3 unspecified atom stereocenters. The van der Waals surface area contributed by atoms with E-state index < -0.39 is 23.7 Å². The highest BCUT2D eigenvalue weighted by atomic mass is 16.2. The maximum atomic E-state index is 13.6. The minimum atomic E-state index is -1.07. The topological polar surface area (TPSA) is 78.8 Å². The third-order valence-corrected chi connectivity index (χ3v) is 5.85. The highest BCUT2D eigenvalue weighted by Crippen LogP contribution is 2.39. The number of nitrogens with zero attached hydrogens (tertiary/aromatic N) is 2. The van der Waals surface area contributed by atoms with Crippen LogP contribution in [-0.2, 0) is 14.4 Å². The molecule has 33 heavy (non-hydrogen) atoms. The molecule has 1 aliphatic rings. The third kappa shape index (κ3) is 4.60. The highest BCUT2D eigenvalue weighted by molar-refractivity contribution is 6.17. The number of carbonyl (C=O) groups excluding carboxylic acids is 3. The van der Waals surface area contributed by atoms with Crippen molar-refractivity contribution in [3.8, 4) is 0 Å². The number of benzene rings is 3. The van der Waals surface area contributed by atoms with E-state index in [9.17, 15) is 14.4 Å². The lowest BCUT2D eigenvalue weighted by molar-refractivity contribution is -0.131. The predicted molar refractivity (Wildman–Crippen MR) is 129 cm³/mol. The third-order valence-electron chi connectivity index (χ3n) is 5.85. The van der Waals surface area contributed by atoms with Crippen LogP contribution in [0.4, 0.5) is 11.4 Å². The molecule has 0 spiro atoms. The predicted octanol–water partition coefficient (Wildman–Crippen LogP) is 4.65. The van der Waals surface area contributed by atoms with Crippen molar-refractivity contribution in [3.05, 3.63) is 96.6 Å². The van der Waals surface area contributed by atoms with Gasteiger partial charge in [0.1, 0.15) is 11.7 Å². The Morgan fingerprint density at radius 1 is 0.879 bits per heavy atom. The molecule has 0 bridgehead atoms. The molecule has 6 nitrogen and oxygen atoms in total. The first-order chi connectivity index (χ1) is 16.0. The molecule has 4 rings (SSSR count).